The fourth-order valence-corrected chi connectivity index (χ4v) is 4.25. The number of carbonyl (C=O) groups excluding carboxylic acids is 4. The number of aryl methyl sites for hydroxylation is 4. The van der Waals surface area contributed by atoms with Crippen LogP contribution in [0.5, 0.6) is 0 Å². The lowest BCUT2D eigenvalue weighted by molar-refractivity contribution is -0.144. The Balaban J connectivity index is 2.68. The van der Waals surface area contributed by atoms with E-state index in [9.17, 15) is 19.2 Å². The average molecular weight is 613 g/mol. The van der Waals surface area contributed by atoms with Gasteiger partial charge in [-0.25, -0.2) is 0 Å². The summed E-state index contributed by atoms with van der Waals surface area (Å²) in [6.07, 6.45) is 0. The number of azo groups is 1. The molecule has 2 aromatic rings. The summed E-state index contributed by atoms with van der Waals surface area (Å²) in [5, 5.41) is 9.14. The first kappa shape index (κ1) is 35.7. The second-order valence-corrected chi connectivity index (χ2v) is 9.98. The number of nitrogens with zero attached hydrogens (tertiary/aromatic N) is 4. The van der Waals surface area contributed by atoms with Crippen molar-refractivity contribution in [3.8, 4) is 0 Å². The van der Waals surface area contributed by atoms with Crippen LogP contribution < -0.4 is 9.80 Å². The number of esters is 4. The Bertz CT molecular complexity index is 1220. The monoisotopic (exact) mass is 612 g/mol. The molecule has 0 fully saturated rings. The number of ether oxygens (including phenoxy) is 4. The van der Waals surface area contributed by atoms with E-state index in [2.05, 4.69) is 10.2 Å². The van der Waals surface area contributed by atoms with Gasteiger partial charge in [0, 0.05) is 0 Å². The van der Waals surface area contributed by atoms with Crippen LogP contribution >= 0.6 is 0 Å². The standard InChI is InChI=1S/C32H44N4O8/c1-9-41-29(37)17-35(18-30(38)42-10-2)27-15-23(7)21(5)13-25(27)33-34-26-14-22(6)24(8)16-28(26)36(19-31(39)43-11-3)20-32(40)44-12-4/h13-16H,9-12,17-20H2,1-8H3. The number of hydrogen-bond donors (Lipinski definition) is 0. The van der Waals surface area contributed by atoms with E-state index < -0.39 is 23.9 Å². The summed E-state index contributed by atoms with van der Waals surface area (Å²) in [7, 11) is 0. The van der Waals surface area contributed by atoms with Crippen molar-refractivity contribution < 1.29 is 38.1 Å². The molecular weight excluding hydrogens is 568 g/mol. The third-order valence-electron chi connectivity index (χ3n) is 6.63. The molecular formula is C32H44N4O8. The summed E-state index contributed by atoms with van der Waals surface area (Å²) in [5.41, 5.74) is 5.43. The van der Waals surface area contributed by atoms with Gasteiger partial charge in [-0.2, -0.15) is 0 Å². The highest BCUT2D eigenvalue weighted by molar-refractivity contribution is 5.86. The van der Waals surface area contributed by atoms with Crippen LogP contribution in [0.15, 0.2) is 34.5 Å². The fraction of sp³-hybridized carbons (Fsp3) is 0.500. The van der Waals surface area contributed by atoms with E-state index in [4.69, 9.17) is 18.9 Å². The first-order valence-corrected chi connectivity index (χ1v) is 14.7. The summed E-state index contributed by atoms with van der Waals surface area (Å²) in [4.78, 5) is 53.2. The van der Waals surface area contributed by atoms with Gasteiger partial charge in [-0.1, -0.05) is 0 Å². The van der Waals surface area contributed by atoms with Crippen LogP contribution in [0.4, 0.5) is 22.7 Å². The van der Waals surface area contributed by atoms with Gasteiger partial charge >= 0.3 is 23.9 Å². The first-order valence-electron chi connectivity index (χ1n) is 14.7. The summed E-state index contributed by atoms with van der Waals surface area (Å²) in [5.74, 6) is -2.04. The van der Waals surface area contributed by atoms with Crippen LogP contribution in [-0.4, -0.2) is 76.5 Å². The van der Waals surface area contributed by atoms with E-state index in [1.165, 1.54) is 0 Å². The highest BCUT2D eigenvalue weighted by Gasteiger charge is 2.23. The highest BCUT2D eigenvalue weighted by Crippen LogP contribution is 2.37. The van der Waals surface area contributed by atoms with Crippen molar-refractivity contribution in [2.75, 3.05) is 62.4 Å². The van der Waals surface area contributed by atoms with Crippen molar-refractivity contribution in [3.63, 3.8) is 0 Å². The maximum absolute atomic E-state index is 12.5. The Morgan fingerprint density at radius 3 is 1.00 bits per heavy atom. The Kier molecular flexibility index (Phi) is 14.3. The van der Waals surface area contributed by atoms with Gasteiger partial charge in [0.25, 0.3) is 0 Å². The van der Waals surface area contributed by atoms with Crippen molar-refractivity contribution in [1.29, 1.82) is 0 Å². The molecule has 0 N–H and O–H groups in total. The number of benzene rings is 2. The van der Waals surface area contributed by atoms with E-state index in [-0.39, 0.29) is 52.6 Å². The summed E-state index contributed by atoms with van der Waals surface area (Å²) >= 11 is 0. The Morgan fingerprint density at radius 2 is 0.750 bits per heavy atom. The van der Waals surface area contributed by atoms with Crippen molar-refractivity contribution in [2.24, 2.45) is 10.2 Å². The van der Waals surface area contributed by atoms with Gasteiger partial charge in [0.15, 0.2) is 0 Å². The Morgan fingerprint density at radius 1 is 0.500 bits per heavy atom. The molecule has 12 heteroatoms. The summed E-state index contributed by atoms with van der Waals surface area (Å²) < 4.78 is 20.6. The van der Waals surface area contributed by atoms with Crippen LogP contribution in [0.25, 0.3) is 0 Å². The minimum absolute atomic E-state index is 0.190. The number of rotatable bonds is 16. The molecule has 0 aromatic heterocycles. The molecule has 0 atom stereocenters. The lowest BCUT2D eigenvalue weighted by Crippen LogP contribution is -2.36. The lowest BCUT2D eigenvalue weighted by Gasteiger charge is -2.25. The zero-order valence-electron chi connectivity index (χ0n) is 27.0. The molecule has 2 aromatic carbocycles. The van der Waals surface area contributed by atoms with Gasteiger partial charge in [-0.3, -0.25) is 19.2 Å². The topological polar surface area (TPSA) is 136 Å². The van der Waals surface area contributed by atoms with Crippen LogP contribution in [0.3, 0.4) is 0 Å². The minimum atomic E-state index is -0.511. The highest BCUT2D eigenvalue weighted by atomic mass is 16.5. The van der Waals surface area contributed by atoms with Gasteiger partial charge in [-0.05, 0) is 102 Å². The van der Waals surface area contributed by atoms with E-state index in [0.717, 1.165) is 22.3 Å². The van der Waals surface area contributed by atoms with Gasteiger partial charge in [0.1, 0.15) is 37.6 Å². The SMILES string of the molecule is CCOC(=O)CN(CC(=O)OCC)c1cc(C)c(C)cc1N=Nc1cc(C)c(C)cc1N(CC(=O)OCC)CC(=O)OCC. The van der Waals surface area contributed by atoms with Crippen molar-refractivity contribution in [2.45, 2.75) is 55.4 Å². The first-order chi connectivity index (χ1) is 20.9. The predicted octanol–water partition coefficient (Wildman–Crippen LogP) is 5.20. The van der Waals surface area contributed by atoms with Gasteiger partial charge < -0.3 is 28.7 Å². The normalized spacial score (nSPS) is 10.8. The lowest BCUT2D eigenvalue weighted by atomic mass is 10.1. The van der Waals surface area contributed by atoms with E-state index in [1.54, 1.807) is 37.5 Å². The maximum atomic E-state index is 12.5. The molecule has 0 unspecified atom stereocenters. The third kappa shape index (κ3) is 10.7. The van der Waals surface area contributed by atoms with Crippen molar-refractivity contribution >= 4 is 46.6 Å². The Hall–Kier alpha value is -4.48. The number of anilines is 2. The molecule has 0 aliphatic carbocycles. The zero-order chi connectivity index (χ0) is 32.8. The maximum Gasteiger partial charge on any atom is 0.325 e. The number of carbonyl (C=O) groups is 4. The second-order valence-electron chi connectivity index (χ2n) is 9.98. The van der Waals surface area contributed by atoms with Crippen LogP contribution in [0, 0.1) is 27.7 Å². The summed E-state index contributed by atoms with van der Waals surface area (Å²) in [6.45, 7) is 14.4. The average Bonchev–Trinajstić information content (AvgIpc) is 2.94. The van der Waals surface area contributed by atoms with Crippen molar-refractivity contribution in [3.05, 3.63) is 46.5 Å². The minimum Gasteiger partial charge on any atom is -0.465 e. The molecule has 0 radical (unpaired) electrons. The van der Waals surface area contributed by atoms with E-state index >= 15 is 0 Å². The van der Waals surface area contributed by atoms with Gasteiger partial charge in [0.2, 0.25) is 0 Å². The van der Waals surface area contributed by atoms with Gasteiger partial charge in [0.05, 0.1) is 37.8 Å². The third-order valence-corrected chi connectivity index (χ3v) is 6.63. The van der Waals surface area contributed by atoms with E-state index in [1.807, 2.05) is 52.0 Å². The van der Waals surface area contributed by atoms with Crippen molar-refractivity contribution in [1.82, 2.24) is 0 Å². The Labute approximate surface area is 259 Å². The van der Waals surface area contributed by atoms with Crippen LogP contribution in [-0.2, 0) is 38.1 Å². The second kappa shape index (κ2) is 17.6. The van der Waals surface area contributed by atoms with Crippen LogP contribution in [0.1, 0.15) is 49.9 Å². The molecule has 12 nitrogen and oxygen atoms in total. The molecule has 0 saturated heterocycles. The molecule has 0 spiro atoms. The fourth-order valence-electron chi connectivity index (χ4n) is 4.25. The molecule has 44 heavy (non-hydrogen) atoms. The molecule has 0 amide bonds. The summed E-state index contributed by atoms with van der Waals surface area (Å²) in [6, 6.07) is 7.29. The molecule has 0 aliphatic rings. The zero-order valence-corrected chi connectivity index (χ0v) is 27.0. The number of hydrogen-bond acceptors (Lipinski definition) is 12. The molecule has 0 heterocycles. The van der Waals surface area contributed by atoms with Crippen LogP contribution in [0.2, 0.25) is 0 Å². The molecule has 240 valence electrons. The molecule has 0 bridgehead atoms. The molecule has 0 saturated carbocycles. The van der Waals surface area contributed by atoms with E-state index in [0.29, 0.717) is 22.7 Å². The predicted molar refractivity (Wildman–Crippen MR) is 167 cm³/mol. The largest absolute Gasteiger partial charge is 0.465 e. The smallest absolute Gasteiger partial charge is 0.325 e. The molecule has 0 aliphatic heterocycles. The van der Waals surface area contributed by atoms with Gasteiger partial charge in [-0.15, -0.1) is 10.2 Å². The molecule has 2 rings (SSSR count). The quantitative estimate of drug-likeness (QED) is 0.141.